The molecule has 0 aliphatic carbocycles. The molecule has 1 aromatic carbocycles. The summed E-state index contributed by atoms with van der Waals surface area (Å²) >= 11 is 5.94. The van der Waals surface area contributed by atoms with Crippen molar-refractivity contribution in [3.05, 3.63) is 41.2 Å². The van der Waals surface area contributed by atoms with Crippen LogP contribution in [0.15, 0.2) is 30.5 Å². The highest BCUT2D eigenvalue weighted by molar-refractivity contribution is 6.30. The second-order valence-corrected chi connectivity index (χ2v) is 4.17. The molecule has 98 valence electrons. The van der Waals surface area contributed by atoms with Crippen LogP contribution in [0.2, 0.25) is 5.15 Å². The summed E-state index contributed by atoms with van der Waals surface area (Å²) < 4.78 is 5.06. The standard InChI is InChI=1S/C13H11ClN2O3/c1-19-10-4-2-8(3-5-10)13-15-7-9(6-11(17)18)12(14)16-13/h2-5,7H,6H2,1H3,(H,17,18). The molecule has 0 atom stereocenters. The van der Waals surface area contributed by atoms with Gasteiger partial charge < -0.3 is 9.84 Å². The van der Waals surface area contributed by atoms with Gasteiger partial charge in [-0.25, -0.2) is 9.97 Å². The fourth-order valence-corrected chi connectivity index (χ4v) is 1.74. The molecule has 19 heavy (non-hydrogen) atoms. The maximum atomic E-state index is 10.6. The molecule has 2 rings (SSSR count). The monoisotopic (exact) mass is 278 g/mol. The van der Waals surface area contributed by atoms with Crippen molar-refractivity contribution >= 4 is 17.6 Å². The van der Waals surface area contributed by atoms with Gasteiger partial charge in [0, 0.05) is 17.3 Å². The Bertz CT molecular complexity index is 599. The zero-order valence-corrected chi connectivity index (χ0v) is 10.9. The normalized spacial score (nSPS) is 10.2. The summed E-state index contributed by atoms with van der Waals surface area (Å²) in [4.78, 5) is 18.8. The van der Waals surface area contributed by atoms with Crippen LogP contribution >= 0.6 is 11.6 Å². The number of hydrogen-bond acceptors (Lipinski definition) is 4. The molecule has 0 aliphatic heterocycles. The van der Waals surface area contributed by atoms with Gasteiger partial charge in [0.1, 0.15) is 10.9 Å². The second kappa shape index (κ2) is 5.67. The molecule has 0 fully saturated rings. The van der Waals surface area contributed by atoms with Gasteiger partial charge in [0.05, 0.1) is 13.5 Å². The third-order valence-corrected chi connectivity index (χ3v) is 2.83. The van der Waals surface area contributed by atoms with Crippen molar-refractivity contribution < 1.29 is 14.6 Å². The van der Waals surface area contributed by atoms with Crippen LogP contribution in [0.25, 0.3) is 11.4 Å². The van der Waals surface area contributed by atoms with E-state index in [-0.39, 0.29) is 11.6 Å². The number of aromatic nitrogens is 2. The van der Waals surface area contributed by atoms with Gasteiger partial charge in [-0.3, -0.25) is 4.79 Å². The summed E-state index contributed by atoms with van der Waals surface area (Å²) in [6.07, 6.45) is 1.24. The van der Waals surface area contributed by atoms with Crippen LogP contribution in [-0.4, -0.2) is 28.2 Å². The number of aliphatic carboxylic acids is 1. The molecule has 0 unspecified atom stereocenters. The van der Waals surface area contributed by atoms with Gasteiger partial charge in [0.15, 0.2) is 5.82 Å². The Morgan fingerprint density at radius 1 is 1.37 bits per heavy atom. The lowest BCUT2D eigenvalue weighted by Crippen LogP contribution is -2.03. The summed E-state index contributed by atoms with van der Waals surface area (Å²) in [5, 5.41) is 8.86. The Kier molecular flexibility index (Phi) is 3.97. The van der Waals surface area contributed by atoms with Gasteiger partial charge >= 0.3 is 5.97 Å². The van der Waals surface area contributed by atoms with E-state index < -0.39 is 5.97 Å². The van der Waals surface area contributed by atoms with Crippen LogP contribution in [-0.2, 0) is 11.2 Å². The predicted molar refractivity (Wildman–Crippen MR) is 70.4 cm³/mol. The van der Waals surface area contributed by atoms with Gasteiger partial charge in [-0.1, -0.05) is 11.6 Å². The Morgan fingerprint density at radius 3 is 2.58 bits per heavy atom. The Balaban J connectivity index is 2.30. The minimum absolute atomic E-state index is 0.156. The number of ether oxygens (including phenoxy) is 1. The van der Waals surface area contributed by atoms with Crippen molar-refractivity contribution in [3.63, 3.8) is 0 Å². The van der Waals surface area contributed by atoms with Crippen LogP contribution in [0.5, 0.6) is 5.75 Å². The number of carboxylic acid groups (broad SMARTS) is 1. The first kappa shape index (κ1) is 13.3. The SMILES string of the molecule is COc1ccc(-c2ncc(CC(=O)O)c(Cl)n2)cc1. The Hall–Kier alpha value is -2.14. The van der Waals surface area contributed by atoms with Crippen molar-refractivity contribution in [3.8, 4) is 17.1 Å². The average Bonchev–Trinajstić information content (AvgIpc) is 2.41. The maximum Gasteiger partial charge on any atom is 0.307 e. The number of methoxy groups -OCH3 is 1. The van der Waals surface area contributed by atoms with Crippen LogP contribution in [0.1, 0.15) is 5.56 Å². The molecule has 0 radical (unpaired) electrons. The first-order chi connectivity index (χ1) is 9.10. The first-order valence-corrected chi connectivity index (χ1v) is 5.85. The molecule has 1 aromatic heterocycles. The molecule has 0 saturated heterocycles. The molecule has 1 heterocycles. The molecular formula is C13H11ClN2O3. The van der Waals surface area contributed by atoms with Gasteiger partial charge in [-0.15, -0.1) is 0 Å². The summed E-state index contributed by atoms with van der Waals surface area (Å²) in [5.74, 6) is 0.210. The fraction of sp³-hybridized carbons (Fsp3) is 0.154. The molecular weight excluding hydrogens is 268 g/mol. The first-order valence-electron chi connectivity index (χ1n) is 5.48. The van der Waals surface area contributed by atoms with E-state index in [2.05, 4.69) is 9.97 Å². The molecule has 0 spiro atoms. The van der Waals surface area contributed by atoms with Crippen LogP contribution in [0, 0.1) is 0 Å². The van der Waals surface area contributed by atoms with Crippen molar-refractivity contribution in [2.75, 3.05) is 7.11 Å². The number of halogens is 1. The third kappa shape index (κ3) is 3.20. The zero-order valence-electron chi connectivity index (χ0n) is 10.1. The van der Waals surface area contributed by atoms with Crippen LogP contribution in [0.3, 0.4) is 0 Å². The van der Waals surface area contributed by atoms with Crippen molar-refractivity contribution in [2.24, 2.45) is 0 Å². The van der Waals surface area contributed by atoms with E-state index in [0.717, 1.165) is 11.3 Å². The highest BCUT2D eigenvalue weighted by atomic mass is 35.5. The molecule has 0 bridgehead atoms. The third-order valence-electron chi connectivity index (χ3n) is 2.50. The van der Waals surface area contributed by atoms with Gasteiger partial charge in [0.25, 0.3) is 0 Å². The minimum atomic E-state index is -0.970. The number of hydrogen-bond donors (Lipinski definition) is 1. The Labute approximate surface area is 114 Å². The second-order valence-electron chi connectivity index (χ2n) is 3.81. The van der Waals surface area contributed by atoms with E-state index in [4.69, 9.17) is 21.4 Å². The van der Waals surface area contributed by atoms with E-state index in [9.17, 15) is 4.79 Å². The van der Waals surface area contributed by atoms with E-state index in [1.165, 1.54) is 6.20 Å². The average molecular weight is 279 g/mol. The number of nitrogens with zero attached hydrogens (tertiary/aromatic N) is 2. The maximum absolute atomic E-state index is 10.6. The van der Waals surface area contributed by atoms with Gasteiger partial charge in [-0.2, -0.15) is 0 Å². The quantitative estimate of drug-likeness (QED) is 0.870. The van der Waals surface area contributed by atoms with Crippen LogP contribution < -0.4 is 4.74 Å². The lowest BCUT2D eigenvalue weighted by Gasteiger charge is -2.05. The van der Waals surface area contributed by atoms with Crippen molar-refractivity contribution in [2.45, 2.75) is 6.42 Å². The molecule has 0 amide bonds. The summed E-state index contributed by atoms with van der Waals surface area (Å²) in [6, 6.07) is 7.19. The number of rotatable bonds is 4. The minimum Gasteiger partial charge on any atom is -0.497 e. The number of benzene rings is 1. The summed E-state index contributed by atoms with van der Waals surface area (Å²) in [7, 11) is 1.59. The van der Waals surface area contributed by atoms with E-state index in [1.54, 1.807) is 31.4 Å². The topological polar surface area (TPSA) is 72.3 Å². The van der Waals surface area contributed by atoms with Gasteiger partial charge in [0.2, 0.25) is 0 Å². The summed E-state index contributed by atoms with van der Waals surface area (Å²) in [6.45, 7) is 0. The van der Waals surface area contributed by atoms with E-state index in [0.29, 0.717) is 11.4 Å². The molecule has 6 heteroatoms. The van der Waals surface area contributed by atoms with Crippen LogP contribution in [0.4, 0.5) is 0 Å². The molecule has 1 N–H and O–H groups in total. The smallest absolute Gasteiger partial charge is 0.307 e. The number of carboxylic acids is 1. The lowest BCUT2D eigenvalue weighted by atomic mass is 10.2. The van der Waals surface area contributed by atoms with Gasteiger partial charge in [-0.05, 0) is 24.3 Å². The molecule has 0 saturated carbocycles. The molecule has 5 nitrogen and oxygen atoms in total. The molecule has 0 aliphatic rings. The zero-order chi connectivity index (χ0) is 13.8. The lowest BCUT2D eigenvalue weighted by molar-refractivity contribution is -0.136. The Morgan fingerprint density at radius 2 is 2.05 bits per heavy atom. The predicted octanol–water partition coefficient (Wildman–Crippen LogP) is 2.43. The number of carbonyl (C=O) groups is 1. The van der Waals surface area contributed by atoms with E-state index in [1.807, 2.05) is 0 Å². The van der Waals surface area contributed by atoms with Crippen molar-refractivity contribution in [1.29, 1.82) is 0 Å². The fourth-order valence-electron chi connectivity index (χ4n) is 1.55. The highest BCUT2D eigenvalue weighted by Crippen LogP contribution is 2.22. The van der Waals surface area contributed by atoms with E-state index >= 15 is 0 Å². The van der Waals surface area contributed by atoms with Crippen molar-refractivity contribution in [1.82, 2.24) is 9.97 Å². The highest BCUT2D eigenvalue weighted by Gasteiger charge is 2.10. The largest absolute Gasteiger partial charge is 0.497 e. The summed E-state index contributed by atoms with van der Waals surface area (Å²) in [5.41, 5.74) is 1.18. The molecule has 2 aromatic rings.